The van der Waals surface area contributed by atoms with E-state index in [-0.39, 0.29) is 12.3 Å². The summed E-state index contributed by atoms with van der Waals surface area (Å²) in [6.45, 7) is 0. The number of amides is 1. The SMILES string of the molecule is O=C(Cc1csc(-c2ccsc2)n1)Nc1ccc(-n2ccnc2)c(Cl)c1. The molecule has 0 saturated heterocycles. The average Bonchev–Trinajstić information content (AvgIpc) is 3.37. The lowest BCUT2D eigenvalue weighted by Gasteiger charge is -2.09. The summed E-state index contributed by atoms with van der Waals surface area (Å²) in [5.74, 6) is -0.126. The second kappa shape index (κ2) is 7.41. The van der Waals surface area contributed by atoms with Crippen LogP contribution in [-0.4, -0.2) is 20.4 Å². The number of thiazole rings is 1. The highest BCUT2D eigenvalue weighted by molar-refractivity contribution is 7.14. The molecule has 0 fully saturated rings. The zero-order valence-electron chi connectivity index (χ0n) is 13.4. The molecule has 0 aliphatic heterocycles. The van der Waals surface area contributed by atoms with Gasteiger partial charge >= 0.3 is 0 Å². The Morgan fingerprint density at radius 1 is 1.27 bits per heavy atom. The number of rotatable bonds is 5. The molecule has 8 heteroatoms. The zero-order valence-corrected chi connectivity index (χ0v) is 15.8. The van der Waals surface area contributed by atoms with Gasteiger partial charge in [-0.2, -0.15) is 11.3 Å². The third-order valence-electron chi connectivity index (χ3n) is 3.68. The van der Waals surface area contributed by atoms with Gasteiger partial charge < -0.3 is 9.88 Å². The van der Waals surface area contributed by atoms with E-state index >= 15 is 0 Å². The molecule has 130 valence electrons. The minimum absolute atomic E-state index is 0.126. The molecule has 1 aromatic carbocycles. The lowest BCUT2D eigenvalue weighted by molar-refractivity contribution is -0.115. The molecule has 3 heterocycles. The number of hydrogen-bond acceptors (Lipinski definition) is 5. The summed E-state index contributed by atoms with van der Waals surface area (Å²) in [6.07, 6.45) is 5.39. The summed E-state index contributed by atoms with van der Waals surface area (Å²) in [7, 11) is 0. The van der Waals surface area contributed by atoms with Gasteiger partial charge in [0, 0.05) is 34.4 Å². The van der Waals surface area contributed by atoms with Gasteiger partial charge in [-0.25, -0.2) is 9.97 Å². The van der Waals surface area contributed by atoms with Crippen LogP contribution in [0.5, 0.6) is 0 Å². The topological polar surface area (TPSA) is 59.8 Å². The van der Waals surface area contributed by atoms with E-state index in [1.807, 2.05) is 45.1 Å². The van der Waals surface area contributed by atoms with Crippen LogP contribution in [0.2, 0.25) is 5.02 Å². The van der Waals surface area contributed by atoms with Crippen LogP contribution in [0.4, 0.5) is 5.69 Å². The smallest absolute Gasteiger partial charge is 0.230 e. The highest BCUT2D eigenvalue weighted by atomic mass is 35.5. The largest absolute Gasteiger partial charge is 0.326 e. The zero-order chi connectivity index (χ0) is 17.9. The lowest BCUT2D eigenvalue weighted by Crippen LogP contribution is -2.14. The molecule has 5 nitrogen and oxygen atoms in total. The van der Waals surface area contributed by atoms with Gasteiger partial charge in [0.1, 0.15) is 5.01 Å². The van der Waals surface area contributed by atoms with E-state index in [2.05, 4.69) is 15.3 Å². The van der Waals surface area contributed by atoms with Gasteiger partial charge in [0.15, 0.2) is 0 Å². The molecule has 1 amide bonds. The van der Waals surface area contributed by atoms with E-state index < -0.39 is 0 Å². The second-order valence-corrected chi connectivity index (χ2v) is 7.56. The number of anilines is 1. The van der Waals surface area contributed by atoms with E-state index in [0.717, 1.165) is 22.0 Å². The van der Waals surface area contributed by atoms with Crippen molar-refractivity contribution < 1.29 is 4.79 Å². The Morgan fingerprint density at radius 3 is 2.92 bits per heavy atom. The van der Waals surface area contributed by atoms with E-state index in [0.29, 0.717) is 10.7 Å². The molecule has 3 aromatic heterocycles. The molecule has 4 aromatic rings. The van der Waals surface area contributed by atoms with Crippen LogP contribution in [0.25, 0.3) is 16.3 Å². The molecule has 0 atom stereocenters. The molecule has 4 rings (SSSR count). The van der Waals surface area contributed by atoms with E-state index in [4.69, 9.17) is 11.6 Å². The molecule has 0 radical (unpaired) electrons. The highest BCUT2D eigenvalue weighted by Crippen LogP contribution is 2.27. The van der Waals surface area contributed by atoms with Crippen LogP contribution in [0.15, 0.2) is 59.1 Å². The van der Waals surface area contributed by atoms with Gasteiger partial charge in [0.25, 0.3) is 0 Å². The number of halogens is 1. The fourth-order valence-electron chi connectivity index (χ4n) is 2.47. The fraction of sp³-hybridized carbons (Fsp3) is 0.0556. The molecular formula is C18H13ClN4OS2. The van der Waals surface area contributed by atoms with Crippen molar-refractivity contribution in [2.45, 2.75) is 6.42 Å². The monoisotopic (exact) mass is 400 g/mol. The van der Waals surface area contributed by atoms with Crippen LogP contribution in [0.1, 0.15) is 5.69 Å². The Labute approximate surface area is 162 Å². The molecule has 0 aliphatic rings. The average molecular weight is 401 g/mol. The maximum atomic E-state index is 12.3. The standard InChI is InChI=1S/C18H13ClN4OS2/c19-15-7-13(1-2-16(15)23-5-4-20-11-23)21-17(24)8-14-10-26-18(22-14)12-3-6-25-9-12/h1-7,9-11H,8H2,(H,21,24). The van der Waals surface area contributed by atoms with Crippen molar-refractivity contribution in [3.05, 3.63) is 69.8 Å². The van der Waals surface area contributed by atoms with E-state index in [9.17, 15) is 4.79 Å². The summed E-state index contributed by atoms with van der Waals surface area (Å²) >= 11 is 9.49. The van der Waals surface area contributed by atoms with Gasteiger partial charge in [-0.05, 0) is 29.6 Å². The molecule has 0 saturated carbocycles. The molecule has 1 N–H and O–H groups in total. The first-order valence-electron chi connectivity index (χ1n) is 7.74. The lowest BCUT2D eigenvalue weighted by atomic mass is 10.2. The summed E-state index contributed by atoms with van der Waals surface area (Å²) < 4.78 is 1.81. The molecule has 0 bridgehead atoms. The Kier molecular flexibility index (Phi) is 4.83. The first-order valence-corrected chi connectivity index (χ1v) is 9.94. The third kappa shape index (κ3) is 3.70. The normalized spacial score (nSPS) is 10.8. The van der Waals surface area contributed by atoms with Crippen molar-refractivity contribution in [1.29, 1.82) is 0 Å². The predicted molar refractivity (Wildman–Crippen MR) is 106 cm³/mol. The Balaban J connectivity index is 1.43. The van der Waals surface area contributed by atoms with Gasteiger partial charge in [0.05, 0.1) is 29.2 Å². The number of carbonyl (C=O) groups is 1. The first-order chi connectivity index (χ1) is 12.7. The minimum atomic E-state index is -0.126. The van der Waals surface area contributed by atoms with E-state index in [1.54, 1.807) is 41.3 Å². The van der Waals surface area contributed by atoms with Crippen molar-refractivity contribution in [2.24, 2.45) is 0 Å². The number of nitrogens with zero attached hydrogens (tertiary/aromatic N) is 3. The summed E-state index contributed by atoms with van der Waals surface area (Å²) in [4.78, 5) is 20.8. The Bertz CT molecular complexity index is 1030. The molecular weight excluding hydrogens is 388 g/mol. The summed E-state index contributed by atoms with van der Waals surface area (Å²) in [6, 6.07) is 7.41. The third-order valence-corrected chi connectivity index (χ3v) is 5.60. The maximum absolute atomic E-state index is 12.3. The Hall–Kier alpha value is -2.48. The van der Waals surface area contributed by atoms with Crippen molar-refractivity contribution in [3.8, 4) is 16.3 Å². The number of thiophene rings is 1. The highest BCUT2D eigenvalue weighted by Gasteiger charge is 2.11. The number of nitrogens with one attached hydrogen (secondary N) is 1. The number of carbonyl (C=O) groups excluding carboxylic acids is 1. The molecule has 0 spiro atoms. The molecule has 0 aliphatic carbocycles. The number of imidazole rings is 1. The minimum Gasteiger partial charge on any atom is -0.326 e. The van der Waals surface area contributed by atoms with Crippen molar-refractivity contribution >= 4 is 45.9 Å². The van der Waals surface area contributed by atoms with Crippen molar-refractivity contribution in [2.75, 3.05) is 5.32 Å². The second-order valence-electron chi connectivity index (χ2n) is 5.52. The summed E-state index contributed by atoms with van der Waals surface area (Å²) in [5, 5.41) is 10.3. The van der Waals surface area contributed by atoms with Crippen molar-refractivity contribution in [3.63, 3.8) is 0 Å². The number of aromatic nitrogens is 3. The van der Waals surface area contributed by atoms with Crippen LogP contribution < -0.4 is 5.32 Å². The fourth-order valence-corrected chi connectivity index (χ4v) is 4.28. The van der Waals surface area contributed by atoms with Crippen LogP contribution >= 0.6 is 34.3 Å². The number of benzene rings is 1. The van der Waals surface area contributed by atoms with Gasteiger partial charge in [-0.3, -0.25) is 4.79 Å². The first kappa shape index (κ1) is 17.0. The molecule has 0 unspecified atom stereocenters. The Morgan fingerprint density at radius 2 is 2.19 bits per heavy atom. The predicted octanol–water partition coefficient (Wildman–Crippen LogP) is 4.89. The van der Waals surface area contributed by atoms with Gasteiger partial charge in [0.2, 0.25) is 5.91 Å². The van der Waals surface area contributed by atoms with Crippen LogP contribution in [0.3, 0.4) is 0 Å². The molecule has 26 heavy (non-hydrogen) atoms. The van der Waals surface area contributed by atoms with Gasteiger partial charge in [-0.1, -0.05) is 11.6 Å². The van der Waals surface area contributed by atoms with E-state index in [1.165, 1.54) is 0 Å². The van der Waals surface area contributed by atoms with Crippen molar-refractivity contribution in [1.82, 2.24) is 14.5 Å². The quantitative estimate of drug-likeness (QED) is 0.518. The maximum Gasteiger partial charge on any atom is 0.230 e. The number of hydrogen-bond donors (Lipinski definition) is 1. The van der Waals surface area contributed by atoms with Crippen LogP contribution in [-0.2, 0) is 11.2 Å². The van der Waals surface area contributed by atoms with Crippen LogP contribution in [0, 0.1) is 0 Å². The summed E-state index contributed by atoms with van der Waals surface area (Å²) in [5.41, 5.74) is 3.31. The van der Waals surface area contributed by atoms with Gasteiger partial charge in [-0.15, -0.1) is 11.3 Å².